The highest BCUT2D eigenvalue weighted by Crippen LogP contribution is 2.25. The van der Waals surface area contributed by atoms with Gasteiger partial charge in [0.15, 0.2) is 0 Å². The summed E-state index contributed by atoms with van der Waals surface area (Å²) < 4.78 is 42.5. The molecule has 0 fully saturated rings. The third kappa shape index (κ3) is 6.84. The summed E-state index contributed by atoms with van der Waals surface area (Å²) in [7, 11) is -4.20. The maximum Gasteiger partial charge on any atom is 0.255 e. The minimum atomic E-state index is -4.20. The van der Waals surface area contributed by atoms with Crippen molar-refractivity contribution in [3.05, 3.63) is 98.2 Å². The molecule has 0 aliphatic rings. The minimum absolute atomic E-state index is 0.0416. The lowest BCUT2D eigenvalue weighted by molar-refractivity contribution is -0.121. The monoisotopic (exact) mass is 571 g/mol. The van der Waals surface area contributed by atoms with E-state index in [1.807, 2.05) is 12.1 Å². The predicted octanol–water partition coefficient (Wildman–Crippen LogP) is 5.24. The molecule has 3 aromatic carbocycles. The van der Waals surface area contributed by atoms with Gasteiger partial charge >= 0.3 is 0 Å². The highest BCUT2D eigenvalue weighted by Gasteiger charge is 2.28. The van der Waals surface area contributed by atoms with Gasteiger partial charge < -0.3 is 0 Å². The average molecular weight is 573 g/mol. The zero-order chi connectivity index (χ0) is 24.0. The fraction of sp³-hybridized carbons (Fsp3) is 0.0909. The van der Waals surface area contributed by atoms with E-state index in [1.165, 1.54) is 42.6 Å². The van der Waals surface area contributed by atoms with Crippen molar-refractivity contribution >= 4 is 61.3 Å². The van der Waals surface area contributed by atoms with Crippen molar-refractivity contribution in [3.8, 4) is 0 Å². The molecule has 0 heterocycles. The normalized spacial score (nSPS) is 11.8. The Morgan fingerprint density at radius 1 is 1.06 bits per heavy atom. The quantitative estimate of drug-likeness (QED) is 0.296. The number of amides is 1. The first-order valence-electron chi connectivity index (χ1n) is 9.43. The molecule has 0 aromatic heterocycles. The first kappa shape index (κ1) is 25.3. The molecular formula is C22H17BrCl2FN3O3S. The van der Waals surface area contributed by atoms with E-state index in [0.717, 1.165) is 20.4 Å². The van der Waals surface area contributed by atoms with Crippen LogP contribution in [0.3, 0.4) is 0 Å². The van der Waals surface area contributed by atoms with Crippen molar-refractivity contribution < 1.29 is 17.6 Å². The van der Waals surface area contributed by atoms with Crippen molar-refractivity contribution in [1.29, 1.82) is 0 Å². The number of nitrogens with zero attached hydrogens (tertiary/aromatic N) is 2. The SMILES string of the molecule is O=C(CN(Cc1c(F)cccc1Cl)S(=O)(=O)c1ccc(Cl)cc1)N/N=C\c1ccc(Br)cc1. The molecule has 33 heavy (non-hydrogen) atoms. The van der Waals surface area contributed by atoms with Gasteiger partial charge in [0.2, 0.25) is 10.0 Å². The second kappa shape index (κ2) is 11.2. The van der Waals surface area contributed by atoms with Gasteiger partial charge in [-0.25, -0.2) is 18.2 Å². The predicted molar refractivity (Wildman–Crippen MR) is 130 cm³/mol. The van der Waals surface area contributed by atoms with Crippen molar-refractivity contribution in [2.24, 2.45) is 5.10 Å². The molecule has 11 heteroatoms. The molecule has 0 unspecified atom stereocenters. The molecule has 0 radical (unpaired) electrons. The lowest BCUT2D eigenvalue weighted by atomic mass is 10.2. The van der Waals surface area contributed by atoms with Crippen LogP contribution in [-0.4, -0.2) is 31.4 Å². The third-order valence-corrected chi connectivity index (χ3v) is 7.38. The van der Waals surface area contributed by atoms with Crippen LogP contribution in [0.5, 0.6) is 0 Å². The lowest BCUT2D eigenvalue weighted by Crippen LogP contribution is -2.39. The number of hydrogen-bond donors (Lipinski definition) is 1. The van der Waals surface area contributed by atoms with Crippen molar-refractivity contribution in [1.82, 2.24) is 9.73 Å². The summed E-state index contributed by atoms with van der Waals surface area (Å²) in [6, 6.07) is 16.6. The molecule has 0 saturated carbocycles. The van der Waals surface area contributed by atoms with E-state index in [2.05, 4.69) is 26.5 Å². The standard InChI is InChI=1S/C22H17BrCl2FN3O3S/c23-16-6-4-15(5-7-16)12-27-28-22(30)14-29(13-19-20(25)2-1-3-21(19)26)33(31,32)18-10-8-17(24)9-11-18/h1-12H,13-14H2,(H,28,30)/b27-12-. The molecule has 0 atom stereocenters. The Morgan fingerprint density at radius 2 is 1.73 bits per heavy atom. The van der Waals surface area contributed by atoms with E-state index in [1.54, 1.807) is 12.1 Å². The second-order valence-corrected chi connectivity index (χ2v) is 10.5. The van der Waals surface area contributed by atoms with E-state index in [0.29, 0.717) is 5.02 Å². The van der Waals surface area contributed by atoms with Crippen LogP contribution in [0.4, 0.5) is 4.39 Å². The number of nitrogens with one attached hydrogen (secondary N) is 1. The molecule has 1 N–H and O–H groups in total. The number of hydrogen-bond acceptors (Lipinski definition) is 4. The molecule has 0 saturated heterocycles. The summed E-state index contributed by atoms with van der Waals surface area (Å²) in [6.07, 6.45) is 1.41. The smallest absolute Gasteiger partial charge is 0.255 e. The Balaban J connectivity index is 1.84. The highest BCUT2D eigenvalue weighted by molar-refractivity contribution is 9.10. The van der Waals surface area contributed by atoms with E-state index in [4.69, 9.17) is 23.2 Å². The molecular weight excluding hydrogens is 556 g/mol. The maximum atomic E-state index is 14.4. The first-order chi connectivity index (χ1) is 15.7. The first-order valence-corrected chi connectivity index (χ1v) is 12.4. The molecule has 6 nitrogen and oxygen atoms in total. The summed E-state index contributed by atoms with van der Waals surface area (Å²) in [5.74, 6) is -1.40. The highest BCUT2D eigenvalue weighted by atomic mass is 79.9. The zero-order valence-electron chi connectivity index (χ0n) is 16.9. The maximum absolute atomic E-state index is 14.4. The molecule has 0 bridgehead atoms. The van der Waals surface area contributed by atoms with Gasteiger partial charge in [-0.1, -0.05) is 57.3 Å². The van der Waals surface area contributed by atoms with E-state index >= 15 is 0 Å². The Labute approximate surface area is 209 Å². The molecule has 172 valence electrons. The van der Waals surface area contributed by atoms with Crippen LogP contribution in [0, 0.1) is 5.82 Å². The number of rotatable bonds is 8. The van der Waals surface area contributed by atoms with Gasteiger partial charge in [-0.05, 0) is 54.1 Å². The largest absolute Gasteiger partial charge is 0.272 e. The Hall–Kier alpha value is -2.30. The topological polar surface area (TPSA) is 78.8 Å². The van der Waals surface area contributed by atoms with Gasteiger partial charge in [-0.3, -0.25) is 4.79 Å². The van der Waals surface area contributed by atoms with Crippen LogP contribution in [0.25, 0.3) is 0 Å². The number of halogens is 4. The van der Waals surface area contributed by atoms with Crippen LogP contribution in [0.15, 0.2) is 81.2 Å². The van der Waals surface area contributed by atoms with Crippen molar-refractivity contribution in [3.63, 3.8) is 0 Å². The van der Waals surface area contributed by atoms with Gasteiger partial charge in [0.05, 0.1) is 17.7 Å². The van der Waals surface area contributed by atoms with E-state index in [9.17, 15) is 17.6 Å². The molecule has 3 rings (SSSR count). The number of sulfonamides is 1. The minimum Gasteiger partial charge on any atom is -0.272 e. The van der Waals surface area contributed by atoms with E-state index < -0.39 is 34.8 Å². The summed E-state index contributed by atoms with van der Waals surface area (Å²) in [6.45, 7) is -1.08. The van der Waals surface area contributed by atoms with Gasteiger partial charge in [0.1, 0.15) is 5.82 Å². The molecule has 3 aromatic rings. The Kier molecular flexibility index (Phi) is 8.61. The number of benzene rings is 3. The lowest BCUT2D eigenvalue weighted by Gasteiger charge is -2.22. The second-order valence-electron chi connectivity index (χ2n) is 6.77. The Bertz CT molecular complexity index is 1250. The summed E-state index contributed by atoms with van der Waals surface area (Å²) in [5.41, 5.74) is 2.96. The fourth-order valence-corrected chi connectivity index (χ4v) is 4.74. The van der Waals surface area contributed by atoms with Gasteiger partial charge in [-0.15, -0.1) is 0 Å². The summed E-state index contributed by atoms with van der Waals surface area (Å²) in [4.78, 5) is 12.4. The Morgan fingerprint density at radius 3 is 2.36 bits per heavy atom. The summed E-state index contributed by atoms with van der Waals surface area (Å²) >= 11 is 15.3. The molecule has 0 aliphatic carbocycles. The van der Waals surface area contributed by atoms with Gasteiger partial charge in [-0.2, -0.15) is 9.41 Å². The van der Waals surface area contributed by atoms with Crippen LogP contribution >= 0.6 is 39.1 Å². The van der Waals surface area contributed by atoms with Crippen LogP contribution in [0.1, 0.15) is 11.1 Å². The van der Waals surface area contributed by atoms with Crippen LogP contribution in [-0.2, 0) is 21.4 Å². The van der Waals surface area contributed by atoms with Crippen molar-refractivity contribution in [2.45, 2.75) is 11.4 Å². The van der Waals surface area contributed by atoms with Crippen LogP contribution in [0.2, 0.25) is 10.0 Å². The van der Waals surface area contributed by atoms with Gasteiger partial charge in [0, 0.05) is 26.6 Å². The summed E-state index contributed by atoms with van der Waals surface area (Å²) in [5, 5.41) is 4.24. The molecule has 0 spiro atoms. The van der Waals surface area contributed by atoms with E-state index in [-0.39, 0.29) is 15.5 Å². The number of carbonyl (C=O) groups excluding carboxylic acids is 1. The number of carbonyl (C=O) groups is 1. The zero-order valence-corrected chi connectivity index (χ0v) is 20.8. The molecule has 1 amide bonds. The third-order valence-electron chi connectivity index (χ3n) is 4.44. The van der Waals surface area contributed by atoms with Gasteiger partial charge in [0.25, 0.3) is 5.91 Å². The van der Waals surface area contributed by atoms with Crippen molar-refractivity contribution in [2.75, 3.05) is 6.54 Å². The van der Waals surface area contributed by atoms with Crippen LogP contribution < -0.4 is 5.43 Å². The average Bonchev–Trinajstić information content (AvgIpc) is 2.77. The molecule has 0 aliphatic heterocycles. The fourth-order valence-electron chi connectivity index (χ4n) is 2.76. The number of hydrazone groups is 1.